The second kappa shape index (κ2) is 13.1. The third-order valence-corrected chi connectivity index (χ3v) is 6.50. The van der Waals surface area contributed by atoms with Gasteiger partial charge in [-0.15, -0.1) is 11.6 Å². The minimum atomic E-state index is -1.53. The normalized spacial score (nSPS) is 18.5. The Labute approximate surface area is 205 Å². The molecule has 0 bridgehead atoms. The smallest absolute Gasteiger partial charge is 0.326 e. The van der Waals surface area contributed by atoms with Crippen LogP contribution in [0.3, 0.4) is 0 Å². The van der Waals surface area contributed by atoms with E-state index in [2.05, 4.69) is 10.1 Å². The Morgan fingerprint density at radius 1 is 1.18 bits per heavy atom. The summed E-state index contributed by atoms with van der Waals surface area (Å²) in [6.45, 7) is 1.28. The summed E-state index contributed by atoms with van der Waals surface area (Å²) in [5.74, 6) is -1.81. The molecule has 1 saturated heterocycles. The van der Waals surface area contributed by atoms with Gasteiger partial charge in [-0.25, -0.2) is 0 Å². The first-order valence-corrected chi connectivity index (χ1v) is 12.2. The van der Waals surface area contributed by atoms with Gasteiger partial charge < -0.3 is 24.4 Å². The molecule has 186 valence electrons. The second-order valence-corrected chi connectivity index (χ2v) is 9.04. The number of halogens is 1. The van der Waals surface area contributed by atoms with E-state index in [0.717, 1.165) is 5.56 Å². The zero-order valence-electron chi connectivity index (χ0n) is 19.1. The van der Waals surface area contributed by atoms with Gasteiger partial charge in [0.25, 0.3) is 0 Å². The number of esters is 2. The standard InChI is InChI=1S/C22H27ClN2O8S/c1-14(13-34(30)9-8-18(27)32-3)21-20(24-17(26)10-23)22(29)25(21)11-19(28)33-12-15-4-6-16(31-2)7-5-15/h4-7,13,20-21H,8-12H2,1-3H3,(H,24,26). The van der Waals surface area contributed by atoms with Crippen molar-refractivity contribution in [1.29, 1.82) is 0 Å². The number of nitrogens with one attached hydrogen (secondary N) is 1. The van der Waals surface area contributed by atoms with Crippen molar-refractivity contribution in [1.82, 2.24) is 10.2 Å². The molecular formula is C22H27ClN2O8S. The maximum absolute atomic E-state index is 12.6. The number of hydrogen-bond donors (Lipinski definition) is 1. The van der Waals surface area contributed by atoms with Crippen molar-refractivity contribution in [3.05, 3.63) is 40.8 Å². The van der Waals surface area contributed by atoms with Gasteiger partial charge in [-0.2, -0.15) is 0 Å². The van der Waals surface area contributed by atoms with Crippen molar-refractivity contribution >= 4 is 46.2 Å². The highest BCUT2D eigenvalue weighted by molar-refractivity contribution is 7.88. The number of ether oxygens (including phenoxy) is 3. The molecule has 1 aliphatic heterocycles. The van der Waals surface area contributed by atoms with Crippen LogP contribution in [0.4, 0.5) is 0 Å². The lowest BCUT2D eigenvalue weighted by molar-refractivity contribution is -0.160. The van der Waals surface area contributed by atoms with Gasteiger partial charge in [0.2, 0.25) is 11.8 Å². The summed E-state index contributed by atoms with van der Waals surface area (Å²) in [6.07, 6.45) is -0.0374. The Morgan fingerprint density at radius 3 is 2.44 bits per heavy atom. The average molecular weight is 515 g/mol. The van der Waals surface area contributed by atoms with Gasteiger partial charge in [0, 0.05) is 22.0 Å². The molecule has 10 nitrogen and oxygen atoms in total. The topological polar surface area (TPSA) is 128 Å². The summed E-state index contributed by atoms with van der Waals surface area (Å²) >= 11 is 5.53. The minimum Gasteiger partial charge on any atom is -0.497 e. The molecule has 34 heavy (non-hydrogen) atoms. The van der Waals surface area contributed by atoms with Gasteiger partial charge >= 0.3 is 11.9 Å². The van der Waals surface area contributed by atoms with E-state index in [4.69, 9.17) is 21.1 Å². The molecule has 0 aromatic heterocycles. The van der Waals surface area contributed by atoms with Crippen molar-refractivity contribution in [2.24, 2.45) is 0 Å². The van der Waals surface area contributed by atoms with Gasteiger partial charge in [0.15, 0.2) is 0 Å². The van der Waals surface area contributed by atoms with Gasteiger partial charge in [-0.1, -0.05) is 12.1 Å². The Balaban J connectivity index is 2.05. The SMILES string of the molecule is COC(=O)CCS(=O)C=C(C)C1C(NC(=O)CCl)C(=O)N1CC(=O)OCc1ccc(OC)cc1. The lowest BCUT2D eigenvalue weighted by atomic mass is 9.89. The highest BCUT2D eigenvalue weighted by Gasteiger charge is 2.49. The van der Waals surface area contributed by atoms with Gasteiger partial charge in [-0.3, -0.25) is 23.4 Å². The Morgan fingerprint density at radius 2 is 1.85 bits per heavy atom. The summed E-state index contributed by atoms with van der Waals surface area (Å²) in [4.78, 5) is 49.3. The third-order valence-electron chi connectivity index (χ3n) is 5.02. The van der Waals surface area contributed by atoms with Gasteiger partial charge in [0.1, 0.15) is 30.8 Å². The number of β-lactam (4-membered cyclic amide) rings is 1. The van der Waals surface area contributed by atoms with E-state index in [1.807, 2.05) is 0 Å². The summed E-state index contributed by atoms with van der Waals surface area (Å²) in [5.41, 5.74) is 1.23. The van der Waals surface area contributed by atoms with Crippen molar-refractivity contribution in [3.63, 3.8) is 0 Å². The highest BCUT2D eigenvalue weighted by Crippen LogP contribution is 2.27. The molecule has 1 aromatic carbocycles. The van der Waals surface area contributed by atoms with Crippen LogP contribution in [0.1, 0.15) is 18.9 Å². The molecule has 0 radical (unpaired) electrons. The molecule has 1 aromatic rings. The predicted molar refractivity (Wildman–Crippen MR) is 124 cm³/mol. The summed E-state index contributed by atoms with van der Waals surface area (Å²) in [6, 6.07) is 5.30. The zero-order valence-corrected chi connectivity index (χ0v) is 20.6. The molecule has 1 fully saturated rings. The van der Waals surface area contributed by atoms with Crippen molar-refractivity contribution in [2.75, 3.05) is 32.4 Å². The van der Waals surface area contributed by atoms with E-state index in [-0.39, 0.29) is 31.2 Å². The number of rotatable bonds is 12. The van der Waals surface area contributed by atoms with Crippen LogP contribution < -0.4 is 10.1 Å². The number of methoxy groups -OCH3 is 2. The largest absolute Gasteiger partial charge is 0.497 e. The first-order chi connectivity index (χ1) is 16.2. The van der Waals surface area contributed by atoms with Crippen LogP contribution in [-0.2, 0) is 46.1 Å². The van der Waals surface area contributed by atoms with E-state index in [1.54, 1.807) is 38.3 Å². The number of alkyl halides is 1. The Kier molecular flexibility index (Phi) is 10.5. The molecule has 3 unspecified atom stereocenters. The van der Waals surface area contributed by atoms with Crippen LogP contribution in [0.5, 0.6) is 5.75 Å². The number of benzene rings is 1. The molecule has 1 heterocycles. The molecule has 2 rings (SSSR count). The fourth-order valence-corrected chi connectivity index (χ4v) is 4.40. The molecular weight excluding hydrogens is 488 g/mol. The van der Waals surface area contributed by atoms with Crippen LogP contribution in [0.2, 0.25) is 0 Å². The van der Waals surface area contributed by atoms with Crippen LogP contribution in [0.15, 0.2) is 35.2 Å². The van der Waals surface area contributed by atoms with E-state index < -0.39 is 46.6 Å². The number of likely N-dealkylation sites (tertiary alicyclic amines) is 1. The fraction of sp³-hybridized carbons (Fsp3) is 0.455. The molecule has 12 heteroatoms. The quantitative estimate of drug-likeness (QED) is 0.247. The van der Waals surface area contributed by atoms with Crippen molar-refractivity contribution in [3.8, 4) is 5.75 Å². The van der Waals surface area contributed by atoms with Gasteiger partial charge in [-0.05, 0) is 30.2 Å². The van der Waals surface area contributed by atoms with Crippen molar-refractivity contribution < 1.29 is 37.6 Å². The predicted octanol–water partition coefficient (Wildman–Crippen LogP) is 0.888. The van der Waals surface area contributed by atoms with E-state index in [1.165, 1.54) is 17.4 Å². The maximum atomic E-state index is 12.6. The number of hydrogen-bond acceptors (Lipinski definition) is 8. The van der Waals surface area contributed by atoms with Crippen LogP contribution >= 0.6 is 11.6 Å². The molecule has 1 N–H and O–H groups in total. The zero-order chi connectivity index (χ0) is 25.3. The maximum Gasteiger partial charge on any atom is 0.326 e. The highest BCUT2D eigenvalue weighted by atomic mass is 35.5. The summed E-state index contributed by atoms with van der Waals surface area (Å²) in [7, 11) is 1.26. The van der Waals surface area contributed by atoms with Crippen LogP contribution in [-0.4, -0.2) is 77.3 Å². The molecule has 1 aliphatic rings. The summed E-state index contributed by atoms with van der Waals surface area (Å²) in [5, 5.41) is 3.91. The minimum absolute atomic E-state index is 0.00824. The lowest BCUT2D eigenvalue weighted by Crippen LogP contribution is -2.72. The average Bonchev–Trinajstić information content (AvgIpc) is 2.84. The molecule has 0 saturated carbocycles. The first kappa shape index (κ1) is 27.3. The Hall–Kier alpha value is -2.92. The molecule has 2 amide bonds. The van der Waals surface area contributed by atoms with Crippen molar-refractivity contribution in [2.45, 2.75) is 32.0 Å². The number of carbonyl (C=O) groups excluding carboxylic acids is 4. The lowest BCUT2D eigenvalue weighted by Gasteiger charge is -2.47. The van der Waals surface area contributed by atoms with E-state index in [9.17, 15) is 23.4 Å². The van der Waals surface area contributed by atoms with Gasteiger partial charge in [0.05, 0.1) is 26.7 Å². The van der Waals surface area contributed by atoms with Crippen LogP contribution in [0.25, 0.3) is 0 Å². The fourth-order valence-electron chi connectivity index (χ4n) is 3.28. The summed E-state index contributed by atoms with van der Waals surface area (Å²) < 4.78 is 27.2. The number of amides is 2. The monoisotopic (exact) mass is 514 g/mol. The molecule has 0 aliphatic carbocycles. The number of nitrogens with zero attached hydrogens (tertiary/aromatic N) is 1. The molecule has 3 atom stereocenters. The number of carbonyl (C=O) groups is 4. The van der Waals surface area contributed by atoms with E-state index >= 15 is 0 Å². The van der Waals surface area contributed by atoms with E-state index in [0.29, 0.717) is 11.3 Å². The first-order valence-electron chi connectivity index (χ1n) is 10.3. The third kappa shape index (κ3) is 7.56. The Bertz CT molecular complexity index is 966. The second-order valence-electron chi connectivity index (χ2n) is 7.37. The molecule has 0 spiro atoms. The van der Waals surface area contributed by atoms with Crippen LogP contribution in [0, 0.1) is 0 Å².